The van der Waals surface area contributed by atoms with E-state index in [-0.39, 0.29) is 6.04 Å². The molecule has 3 nitrogen and oxygen atoms in total. The van der Waals surface area contributed by atoms with E-state index in [4.69, 9.17) is 11.6 Å². The summed E-state index contributed by atoms with van der Waals surface area (Å²) in [6.45, 7) is -0.0344. The van der Waals surface area contributed by atoms with Gasteiger partial charge in [0.1, 0.15) is 0 Å². The number of likely N-dealkylation sites (tertiary alicyclic amines) is 1. The van der Waals surface area contributed by atoms with Crippen LogP contribution >= 0.6 is 11.6 Å². The molecule has 1 N–H and O–H groups in total. The summed E-state index contributed by atoms with van der Waals surface area (Å²) < 4.78 is 36.7. The maximum absolute atomic E-state index is 12.2. The first-order valence-electron chi connectivity index (χ1n) is 5.59. The number of alkyl halides is 3. The second kappa shape index (κ2) is 5.32. The van der Waals surface area contributed by atoms with Gasteiger partial charge < -0.3 is 5.32 Å². The lowest BCUT2D eigenvalue weighted by atomic mass is 10.2. The van der Waals surface area contributed by atoms with Crippen LogP contribution in [0.2, 0.25) is 5.02 Å². The van der Waals surface area contributed by atoms with E-state index >= 15 is 0 Å². The maximum atomic E-state index is 12.2. The molecule has 18 heavy (non-hydrogen) atoms. The molecule has 2 rings (SSSR count). The molecule has 1 aromatic rings. The summed E-state index contributed by atoms with van der Waals surface area (Å²) in [5.41, 5.74) is 0.713. The molecule has 1 aromatic heterocycles. The van der Waals surface area contributed by atoms with Crippen LogP contribution in [0.25, 0.3) is 0 Å². The molecular weight excluding hydrogens is 267 g/mol. The third kappa shape index (κ3) is 3.74. The Morgan fingerprint density at radius 3 is 2.94 bits per heavy atom. The molecule has 2 heterocycles. The number of pyridine rings is 1. The van der Waals surface area contributed by atoms with Gasteiger partial charge in [-0.2, -0.15) is 13.2 Å². The topological polar surface area (TPSA) is 28.2 Å². The third-order valence-corrected chi connectivity index (χ3v) is 3.11. The highest BCUT2D eigenvalue weighted by molar-refractivity contribution is 6.33. The molecular formula is C11H13ClF3N3. The molecule has 0 aromatic carbocycles. The van der Waals surface area contributed by atoms with Crippen molar-refractivity contribution >= 4 is 17.3 Å². The first kappa shape index (κ1) is 13.4. The molecule has 1 fully saturated rings. The predicted octanol–water partition coefficient (Wildman–Crippen LogP) is 2.78. The molecule has 1 aliphatic rings. The molecule has 1 unspecified atom stereocenters. The molecule has 0 radical (unpaired) electrons. The number of nitrogens with one attached hydrogen (secondary N) is 1. The van der Waals surface area contributed by atoms with Gasteiger partial charge >= 0.3 is 6.18 Å². The minimum atomic E-state index is -4.14. The second-order valence-electron chi connectivity index (χ2n) is 4.34. The Morgan fingerprint density at radius 1 is 1.50 bits per heavy atom. The highest BCUT2D eigenvalue weighted by Gasteiger charge is 2.34. The molecule has 100 valence electrons. The van der Waals surface area contributed by atoms with Gasteiger partial charge in [-0.15, -0.1) is 0 Å². The van der Waals surface area contributed by atoms with Crippen LogP contribution < -0.4 is 5.32 Å². The van der Waals surface area contributed by atoms with Gasteiger partial charge in [-0.05, 0) is 12.5 Å². The lowest BCUT2D eigenvalue weighted by Crippen LogP contribution is -2.34. The Labute approximate surface area is 108 Å². The van der Waals surface area contributed by atoms with E-state index in [1.165, 1.54) is 11.1 Å². The average Bonchev–Trinajstić information content (AvgIpc) is 2.66. The first-order valence-corrected chi connectivity index (χ1v) is 5.97. The molecule has 0 bridgehead atoms. The first-order chi connectivity index (χ1) is 8.44. The summed E-state index contributed by atoms with van der Waals surface area (Å²) in [4.78, 5) is 5.25. The van der Waals surface area contributed by atoms with E-state index in [0.29, 0.717) is 30.2 Å². The zero-order chi connectivity index (χ0) is 13.2. The summed E-state index contributed by atoms with van der Waals surface area (Å²) >= 11 is 5.93. The van der Waals surface area contributed by atoms with E-state index in [2.05, 4.69) is 10.3 Å². The van der Waals surface area contributed by atoms with Crippen LogP contribution in [-0.4, -0.2) is 41.7 Å². The van der Waals surface area contributed by atoms with Crippen molar-refractivity contribution in [3.63, 3.8) is 0 Å². The van der Waals surface area contributed by atoms with Gasteiger partial charge in [0.15, 0.2) is 0 Å². The molecule has 1 atom stereocenters. The third-order valence-electron chi connectivity index (χ3n) is 2.81. The molecule has 0 aliphatic carbocycles. The van der Waals surface area contributed by atoms with Gasteiger partial charge in [0.2, 0.25) is 0 Å². The standard InChI is InChI=1S/C11H13ClF3N3/c12-9-5-16-3-1-10(9)17-8-2-4-18(6-8)7-11(13,14)15/h1,3,5,8H,2,4,6-7H2,(H,16,17). The van der Waals surface area contributed by atoms with Gasteiger partial charge in [0, 0.05) is 31.5 Å². The number of nitrogens with zero attached hydrogens (tertiary/aromatic N) is 2. The van der Waals surface area contributed by atoms with Crippen molar-refractivity contribution in [3.8, 4) is 0 Å². The number of rotatable bonds is 3. The zero-order valence-corrected chi connectivity index (χ0v) is 10.3. The van der Waals surface area contributed by atoms with Gasteiger partial charge in [0.05, 0.1) is 17.3 Å². The monoisotopic (exact) mass is 279 g/mol. The van der Waals surface area contributed by atoms with Crippen LogP contribution in [0.1, 0.15) is 6.42 Å². The predicted molar refractivity (Wildman–Crippen MR) is 63.8 cm³/mol. The van der Waals surface area contributed by atoms with Crippen LogP contribution in [0.3, 0.4) is 0 Å². The Morgan fingerprint density at radius 2 is 2.28 bits per heavy atom. The fourth-order valence-electron chi connectivity index (χ4n) is 2.06. The normalized spacial score (nSPS) is 21.2. The average molecular weight is 280 g/mol. The minimum absolute atomic E-state index is 0.00718. The molecule has 1 aliphatic heterocycles. The smallest absolute Gasteiger partial charge is 0.380 e. The largest absolute Gasteiger partial charge is 0.401 e. The Kier molecular flexibility index (Phi) is 3.97. The summed E-state index contributed by atoms with van der Waals surface area (Å²) in [6.07, 6.45) is -0.360. The van der Waals surface area contributed by atoms with E-state index in [0.717, 1.165) is 0 Å². The lowest BCUT2D eigenvalue weighted by Gasteiger charge is -2.19. The van der Waals surface area contributed by atoms with E-state index in [1.807, 2.05) is 0 Å². The summed E-state index contributed by atoms with van der Waals surface area (Å²) in [6, 6.07) is 1.71. The van der Waals surface area contributed by atoms with Crippen molar-refractivity contribution in [2.45, 2.75) is 18.6 Å². The highest BCUT2D eigenvalue weighted by atomic mass is 35.5. The maximum Gasteiger partial charge on any atom is 0.401 e. The van der Waals surface area contributed by atoms with E-state index < -0.39 is 12.7 Å². The van der Waals surface area contributed by atoms with Crippen LogP contribution in [0, 0.1) is 0 Å². The summed E-state index contributed by atoms with van der Waals surface area (Å²) in [7, 11) is 0. The van der Waals surface area contributed by atoms with Crippen molar-refractivity contribution in [1.29, 1.82) is 0 Å². The lowest BCUT2D eigenvalue weighted by molar-refractivity contribution is -0.143. The van der Waals surface area contributed by atoms with E-state index in [9.17, 15) is 13.2 Å². The van der Waals surface area contributed by atoms with Gasteiger partial charge in [-0.3, -0.25) is 9.88 Å². The fourth-order valence-corrected chi connectivity index (χ4v) is 2.23. The minimum Gasteiger partial charge on any atom is -0.380 e. The molecule has 1 saturated heterocycles. The summed E-state index contributed by atoms with van der Waals surface area (Å²) in [5.74, 6) is 0. The molecule has 0 amide bonds. The van der Waals surface area contributed by atoms with E-state index in [1.54, 1.807) is 12.3 Å². The summed E-state index contributed by atoms with van der Waals surface area (Å²) in [5, 5.41) is 3.62. The number of halogens is 4. The van der Waals surface area contributed by atoms with Crippen LogP contribution in [0.5, 0.6) is 0 Å². The van der Waals surface area contributed by atoms with Crippen LogP contribution in [0.4, 0.5) is 18.9 Å². The Balaban J connectivity index is 1.88. The molecule has 0 spiro atoms. The van der Waals surface area contributed by atoms with Crippen molar-refractivity contribution in [3.05, 3.63) is 23.5 Å². The van der Waals surface area contributed by atoms with Crippen molar-refractivity contribution in [1.82, 2.24) is 9.88 Å². The van der Waals surface area contributed by atoms with Gasteiger partial charge in [-0.1, -0.05) is 11.6 Å². The zero-order valence-electron chi connectivity index (χ0n) is 9.54. The van der Waals surface area contributed by atoms with Crippen molar-refractivity contribution in [2.75, 3.05) is 25.0 Å². The van der Waals surface area contributed by atoms with Gasteiger partial charge in [0.25, 0.3) is 0 Å². The van der Waals surface area contributed by atoms with Crippen LogP contribution in [-0.2, 0) is 0 Å². The number of hydrogen-bond acceptors (Lipinski definition) is 3. The number of aromatic nitrogens is 1. The number of hydrogen-bond donors (Lipinski definition) is 1. The number of anilines is 1. The second-order valence-corrected chi connectivity index (χ2v) is 4.74. The van der Waals surface area contributed by atoms with Crippen LogP contribution in [0.15, 0.2) is 18.5 Å². The highest BCUT2D eigenvalue weighted by Crippen LogP contribution is 2.24. The van der Waals surface area contributed by atoms with Gasteiger partial charge in [-0.25, -0.2) is 0 Å². The Bertz CT molecular complexity index is 411. The van der Waals surface area contributed by atoms with Crippen molar-refractivity contribution in [2.24, 2.45) is 0 Å². The quantitative estimate of drug-likeness (QED) is 0.922. The SMILES string of the molecule is FC(F)(F)CN1CCC(Nc2ccncc2Cl)C1. The molecule has 7 heteroatoms. The Hall–Kier alpha value is -1.01. The molecule has 0 saturated carbocycles. The van der Waals surface area contributed by atoms with Crippen molar-refractivity contribution < 1.29 is 13.2 Å². The fraction of sp³-hybridized carbons (Fsp3) is 0.545.